The highest BCUT2D eigenvalue weighted by Gasteiger charge is 2.19. The van der Waals surface area contributed by atoms with Gasteiger partial charge in [0.1, 0.15) is 11.4 Å². The second kappa shape index (κ2) is 11.7. The number of nitro benzene ring substituents is 2. The fourth-order valence-electron chi connectivity index (χ4n) is 3.11. The van der Waals surface area contributed by atoms with Crippen molar-refractivity contribution in [3.8, 4) is 5.75 Å². The first-order valence-corrected chi connectivity index (χ1v) is 11.4. The molecule has 36 heavy (non-hydrogen) atoms. The van der Waals surface area contributed by atoms with Crippen LogP contribution in [-0.4, -0.2) is 49.3 Å². The van der Waals surface area contributed by atoms with Gasteiger partial charge in [-0.3, -0.25) is 29.8 Å². The quantitative estimate of drug-likeness (QED) is 0.218. The summed E-state index contributed by atoms with van der Waals surface area (Å²) in [5, 5.41) is 35.9. The van der Waals surface area contributed by atoms with Gasteiger partial charge >= 0.3 is 0 Å². The van der Waals surface area contributed by atoms with E-state index in [1.165, 1.54) is 49.6 Å². The predicted molar refractivity (Wildman–Crippen MR) is 129 cm³/mol. The van der Waals surface area contributed by atoms with Crippen LogP contribution in [0.25, 0.3) is 0 Å². The van der Waals surface area contributed by atoms with Gasteiger partial charge in [0.15, 0.2) is 11.0 Å². The number of anilines is 1. The zero-order valence-electron chi connectivity index (χ0n) is 19.2. The average molecular weight is 516 g/mol. The summed E-state index contributed by atoms with van der Waals surface area (Å²) in [6, 6.07) is 9.43. The number of hydrogen-bond acceptors (Lipinski definition) is 10. The topological polar surface area (TPSA) is 184 Å². The molecule has 0 bridgehead atoms. The fraction of sp³-hybridized carbons (Fsp3) is 0.238. The highest BCUT2D eigenvalue weighted by molar-refractivity contribution is 7.99. The lowest BCUT2D eigenvalue weighted by molar-refractivity contribution is -0.384. The summed E-state index contributed by atoms with van der Waals surface area (Å²) in [5.74, 6) is -0.389. The van der Waals surface area contributed by atoms with E-state index in [-0.39, 0.29) is 40.7 Å². The maximum atomic E-state index is 12.4. The van der Waals surface area contributed by atoms with Gasteiger partial charge in [-0.1, -0.05) is 17.8 Å². The van der Waals surface area contributed by atoms with Gasteiger partial charge < -0.3 is 19.9 Å². The Hall–Kier alpha value is -4.53. The molecule has 3 rings (SSSR count). The van der Waals surface area contributed by atoms with Crippen molar-refractivity contribution in [1.82, 2.24) is 20.1 Å². The Morgan fingerprint density at radius 1 is 1.11 bits per heavy atom. The van der Waals surface area contributed by atoms with E-state index in [4.69, 9.17) is 4.74 Å². The Bertz CT molecular complexity index is 1310. The predicted octanol–water partition coefficient (Wildman–Crippen LogP) is 2.78. The van der Waals surface area contributed by atoms with Crippen LogP contribution in [0.2, 0.25) is 0 Å². The number of ether oxygens (including phenoxy) is 1. The van der Waals surface area contributed by atoms with Gasteiger partial charge in [-0.05, 0) is 25.1 Å². The molecular weight excluding hydrogens is 494 g/mol. The Labute approximate surface area is 208 Å². The van der Waals surface area contributed by atoms with Gasteiger partial charge in [-0.25, -0.2) is 0 Å². The number of hydrogen-bond donors (Lipinski definition) is 2. The lowest BCUT2D eigenvalue weighted by Crippen LogP contribution is -2.25. The van der Waals surface area contributed by atoms with Crippen molar-refractivity contribution in [2.75, 3.05) is 18.2 Å². The number of rotatable bonds is 11. The van der Waals surface area contributed by atoms with E-state index in [1.54, 1.807) is 4.57 Å². The van der Waals surface area contributed by atoms with Crippen LogP contribution in [0.15, 0.2) is 47.6 Å². The number of amides is 2. The standard InChI is InChI=1S/C21H21N7O7S/c1-3-26-18(11-22-20(30)13-5-4-6-14(9-13)27(31)32)24-25-21(26)36-12-19(29)23-16-8-7-15(35-2)10-17(16)28(33)34/h4-10H,3,11-12H2,1-2H3,(H,22,30)(H,23,29). The van der Waals surface area contributed by atoms with Crippen LogP contribution < -0.4 is 15.4 Å². The molecule has 0 aliphatic heterocycles. The molecule has 0 aliphatic rings. The van der Waals surface area contributed by atoms with Crippen LogP contribution in [0.1, 0.15) is 23.1 Å². The molecule has 188 valence electrons. The van der Waals surface area contributed by atoms with Crippen LogP contribution in [0.3, 0.4) is 0 Å². The minimum atomic E-state index is -0.618. The van der Waals surface area contributed by atoms with Crippen molar-refractivity contribution in [3.05, 3.63) is 74.1 Å². The van der Waals surface area contributed by atoms with E-state index in [0.29, 0.717) is 17.5 Å². The van der Waals surface area contributed by atoms with Crippen molar-refractivity contribution in [1.29, 1.82) is 0 Å². The number of aromatic nitrogens is 3. The van der Waals surface area contributed by atoms with Crippen LogP contribution in [-0.2, 0) is 17.9 Å². The van der Waals surface area contributed by atoms with Gasteiger partial charge in [0, 0.05) is 24.2 Å². The Morgan fingerprint density at radius 2 is 1.89 bits per heavy atom. The summed E-state index contributed by atoms with van der Waals surface area (Å²) in [6.45, 7) is 2.29. The molecule has 0 radical (unpaired) electrons. The second-order valence-electron chi connectivity index (χ2n) is 7.11. The number of carbonyl (C=O) groups excluding carboxylic acids is 2. The highest BCUT2D eigenvalue weighted by Crippen LogP contribution is 2.29. The Balaban J connectivity index is 1.61. The second-order valence-corrected chi connectivity index (χ2v) is 8.05. The lowest BCUT2D eigenvalue weighted by atomic mass is 10.2. The molecule has 15 heteroatoms. The third kappa shape index (κ3) is 6.32. The molecule has 0 spiro atoms. The highest BCUT2D eigenvalue weighted by atomic mass is 32.2. The van der Waals surface area contributed by atoms with Crippen LogP contribution >= 0.6 is 11.8 Å². The van der Waals surface area contributed by atoms with Crippen molar-refractivity contribution in [3.63, 3.8) is 0 Å². The fourth-order valence-corrected chi connectivity index (χ4v) is 3.93. The summed E-state index contributed by atoms with van der Waals surface area (Å²) in [6.07, 6.45) is 0. The molecule has 0 atom stereocenters. The third-order valence-electron chi connectivity index (χ3n) is 4.84. The molecule has 1 heterocycles. The van der Waals surface area contributed by atoms with Gasteiger partial charge in [0.05, 0.1) is 35.3 Å². The van der Waals surface area contributed by atoms with Gasteiger partial charge in [-0.2, -0.15) is 0 Å². The average Bonchev–Trinajstić information content (AvgIpc) is 3.27. The number of thioether (sulfide) groups is 1. The van der Waals surface area contributed by atoms with Crippen molar-refractivity contribution < 1.29 is 24.2 Å². The van der Waals surface area contributed by atoms with Crippen molar-refractivity contribution in [2.24, 2.45) is 0 Å². The van der Waals surface area contributed by atoms with Gasteiger partial charge in [-0.15, -0.1) is 10.2 Å². The third-order valence-corrected chi connectivity index (χ3v) is 5.81. The van der Waals surface area contributed by atoms with E-state index >= 15 is 0 Å². The molecule has 2 N–H and O–H groups in total. The van der Waals surface area contributed by atoms with E-state index < -0.39 is 21.7 Å². The number of methoxy groups -OCH3 is 1. The first-order chi connectivity index (χ1) is 17.2. The number of benzene rings is 2. The molecule has 0 unspecified atom stereocenters. The minimum Gasteiger partial charge on any atom is -0.496 e. The van der Waals surface area contributed by atoms with Crippen molar-refractivity contribution >= 4 is 40.6 Å². The van der Waals surface area contributed by atoms with E-state index in [2.05, 4.69) is 20.8 Å². The number of nitrogens with zero attached hydrogens (tertiary/aromatic N) is 5. The number of nitrogens with one attached hydrogen (secondary N) is 2. The van der Waals surface area contributed by atoms with Crippen LogP contribution in [0.5, 0.6) is 5.75 Å². The van der Waals surface area contributed by atoms with Gasteiger partial charge in [0.2, 0.25) is 5.91 Å². The molecule has 0 fully saturated rings. The smallest absolute Gasteiger partial charge is 0.296 e. The molecule has 0 saturated carbocycles. The minimum absolute atomic E-state index is 0.00711. The summed E-state index contributed by atoms with van der Waals surface area (Å²) in [4.78, 5) is 45.8. The maximum absolute atomic E-state index is 12.4. The SMILES string of the molecule is CCn1c(CNC(=O)c2cccc([N+](=O)[O-])c2)nnc1SCC(=O)Nc1ccc(OC)cc1[N+](=O)[O-]. The first-order valence-electron chi connectivity index (χ1n) is 10.4. The van der Waals surface area contributed by atoms with E-state index in [0.717, 1.165) is 11.8 Å². The first kappa shape index (κ1) is 26.1. The molecule has 1 aromatic heterocycles. The Morgan fingerprint density at radius 3 is 2.56 bits per heavy atom. The number of non-ortho nitro benzene ring substituents is 1. The maximum Gasteiger partial charge on any atom is 0.296 e. The number of nitro groups is 2. The normalized spacial score (nSPS) is 10.5. The zero-order valence-corrected chi connectivity index (χ0v) is 20.0. The molecule has 3 aromatic rings. The molecular formula is C21H21N7O7S. The molecule has 0 aliphatic carbocycles. The summed E-state index contributed by atoms with van der Waals surface area (Å²) in [7, 11) is 1.38. The molecule has 2 amide bonds. The largest absolute Gasteiger partial charge is 0.496 e. The Kier molecular flexibility index (Phi) is 8.51. The van der Waals surface area contributed by atoms with E-state index in [9.17, 15) is 29.8 Å². The summed E-state index contributed by atoms with van der Waals surface area (Å²) < 4.78 is 6.68. The van der Waals surface area contributed by atoms with Crippen molar-refractivity contribution in [2.45, 2.75) is 25.2 Å². The molecule has 2 aromatic carbocycles. The van der Waals surface area contributed by atoms with Crippen LogP contribution in [0.4, 0.5) is 17.1 Å². The lowest BCUT2D eigenvalue weighted by Gasteiger charge is -2.09. The number of carbonyl (C=O) groups is 2. The monoisotopic (exact) mass is 515 g/mol. The summed E-state index contributed by atoms with van der Waals surface area (Å²) in [5.41, 5.74) is -0.332. The summed E-state index contributed by atoms with van der Waals surface area (Å²) >= 11 is 1.07. The van der Waals surface area contributed by atoms with Gasteiger partial charge in [0.25, 0.3) is 17.3 Å². The molecule has 14 nitrogen and oxygen atoms in total. The van der Waals surface area contributed by atoms with Crippen LogP contribution in [0, 0.1) is 20.2 Å². The zero-order chi connectivity index (χ0) is 26.2. The van der Waals surface area contributed by atoms with E-state index in [1.807, 2.05) is 6.92 Å². The molecule has 0 saturated heterocycles.